The second-order valence-corrected chi connectivity index (χ2v) is 7.00. The Hall–Kier alpha value is -1.89. The molecule has 5 nitrogen and oxygen atoms in total. The molecule has 2 N–H and O–H groups in total. The van der Waals surface area contributed by atoms with Gasteiger partial charge in [-0.05, 0) is 54.6 Å². The van der Waals surface area contributed by atoms with Crippen molar-refractivity contribution in [2.24, 2.45) is 0 Å². The summed E-state index contributed by atoms with van der Waals surface area (Å²) in [6, 6.07) is 17.0. The molecule has 6 heteroatoms. The van der Waals surface area contributed by atoms with Gasteiger partial charge in [0.05, 0.1) is 0 Å². The van der Waals surface area contributed by atoms with E-state index < -0.39 is 10.9 Å². The Bertz CT molecular complexity index is 755. The van der Waals surface area contributed by atoms with E-state index in [-0.39, 0.29) is 12.6 Å². The third kappa shape index (κ3) is 5.29. The van der Waals surface area contributed by atoms with Crippen LogP contribution in [0.5, 0.6) is 5.75 Å². The molecule has 3 rings (SSSR count). The molecule has 0 saturated carbocycles. The topological polar surface area (TPSA) is 67.4 Å². The number of hydrogen-bond donors (Lipinski definition) is 3. The van der Waals surface area contributed by atoms with E-state index in [2.05, 4.69) is 46.4 Å². The quantitative estimate of drug-likeness (QED) is 0.522. The molecule has 0 saturated heterocycles. The number of hydrogen-bond acceptors (Lipinski definition) is 4. The van der Waals surface area contributed by atoms with Gasteiger partial charge in [0.15, 0.2) is 0 Å². The number of ether oxygens (including phenoxy) is 1. The normalized spacial score (nSPS) is 17.1. The maximum atomic E-state index is 10.5. The van der Waals surface area contributed by atoms with Crippen LogP contribution in [0.2, 0.25) is 0 Å². The van der Waals surface area contributed by atoms with E-state index >= 15 is 0 Å². The lowest BCUT2D eigenvalue weighted by atomic mass is 9.94. The molecule has 134 valence electrons. The molecule has 1 unspecified atom stereocenters. The van der Waals surface area contributed by atoms with E-state index in [4.69, 9.17) is 4.74 Å². The monoisotopic (exact) mass is 360 g/mol. The van der Waals surface area contributed by atoms with Crippen molar-refractivity contribution in [2.75, 3.05) is 19.7 Å². The lowest BCUT2D eigenvalue weighted by molar-refractivity contribution is 0.322. The smallest absolute Gasteiger partial charge is 0.201 e. The predicted molar refractivity (Wildman–Crippen MR) is 99.5 cm³/mol. The molecule has 0 radical (unpaired) electrons. The van der Waals surface area contributed by atoms with Crippen molar-refractivity contribution in [1.29, 1.82) is 0 Å². The molecule has 0 aliphatic carbocycles. The highest BCUT2D eigenvalue weighted by Crippen LogP contribution is 2.29. The molecule has 0 fully saturated rings. The number of aryl methyl sites for hydroxylation is 1. The highest BCUT2D eigenvalue weighted by Gasteiger charge is 2.19. The molecule has 0 aromatic heterocycles. The fourth-order valence-electron chi connectivity index (χ4n) is 3.22. The lowest BCUT2D eigenvalue weighted by Crippen LogP contribution is -2.23. The van der Waals surface area contributed by atoms with Gasteiger partial charge in [-0.3, -0.25) is 0 Å². The van der Waals surface area contributed by atoms with Gasteiger partial charge in [-0.15, -0.1) is 0 Å². The van der Waals surface area contributed by atoms with E-state index in [1.165, 1.54) is 16.7 Å². The van der Waals surface area contributed by atoms with Gasteiger partial charge in [-0.2, -0.15) is 0 Å². The van der Waals surface area contributed by atoms with Gasteiger partial charge in [-0.1, -0.05) is 36.4 Å². The Morgan fingerprint density at radius 2 is 2.00 bits per heavy atom. The van der Waals surface area contributed by atoms with Crippen LogP contribution in [-0.4, -0.2) is 28.1 Å². The van der Waals surface area contributed by atoms with Gasteiger partial charge in [0.25, 0.3) is 0 Å². The van der Waals surface area contributed by atoms with Gasteiger partial charge >= 0.3 is 0 Å². The van der Waals surface area contributed by atoms with Crippen LogP contribution >= 0.6 is 0 Å². The summed E-state index contributed by atoms with van der Waals surface area (Å²) in [5, 5.41) is 3.65. The van der Waals surface area contributed by atoms with Gasteiger partial charge < -0.3 is 10.1 Å². The van der Waals surface area contributed by atoms with Crippen molar-refractivity contribution >= 4 is 10.9 Å². The standard InChI is InChI=1S/C19H24N2O3S/c22-25(23)21-11-12-24-17-9-8-16-7-4-10-20-19(18(16)14-17)13-15-5-2-1-3-6-15/h1-3,5-6,8-9,14,19-20,25H,4,7,10-13H2,(H,21,22,23). The van der Waals surface area contributed by atoms with Crippen LogP contribution in [0, 0.1) is 0 Å². The maximum Gasteiger partial charge on any atom is 0.201 e. The van der Waals surface area contributed by atoms with Crippen molar-refractivity contribution in [3.05, 3.63) is 65.2 Å². The van der Waals surface area contributed by atoms with Crippen LogP contribution in [0.15, 0.2) is 48.5 Å². The van der Waals surface area contributed by atoms with E-state index in [0.717, 1.165) is 31.6 Å². The van der Waals surface area contributed by atoms with Crippen molar-refractivity contribution < 1.29 is 13.2 Å². The summed E-state index contributed by atoms with van der Waals surface area (Å²) >= 11 is 0. The molecule has 25 heavy (non-hydrogen) atoms. The lowest BCUT2D eigenvalue weighted by Gasteiger charge is -2.20. The van der Waals surface area contributed by atoms with Crippen LogP contribution in [0.4, 0.5) is 0 Å². The molecule has 1 atom stereocenters. The highest BCUT2D eigenvalue weighted by molar-refractivity contribution is 7.70. The first kappa shape index (κ1) is 17.9. The average molecular weight is 360 g/mol. The predicted octanol–water partition coefficient (Wildman–Crippen LogP) is 2.00. The number of benzene rings is 2. The second kappa shape index (κ2) is 8.99. The molecular weight excluding hydrogens is 336 g/mol. The summed E-state index contributed by atoms with van der Waals surface area (Å²) in [5.41, 5.74) is 3.95. The zero-order valence-corrected chi connectivity index (χ0v) is 15.0. The van der Waals surface area contributed by atoms with Crippen LogP contribution in [0.3, 0.4) is 0 Å². The van der Waals surface area contributed by atoms with Gasteiger partial charge in [0.2, 0.25) is 10.9 Å². The van der Waals surface area contributed by atoms with Gasteiger partial charge in [0, 0.05) is 12.6 Å². The molecule has 1 heterocycles. The summed E-state index contributed by atoms with van der Waals surface area (Å²) in [7, 11) is -2.57. The SMILES string of the molecule is O=[SH](=O)NCCOc1ccc2c(c1)C(Cc1ccccc1)NCCC2. The molecule has 0 amide bonds. The minimum Gasteiger partial charge on any atom is -0.492 e. The second-order valence-electron chi connectivity index (χ2n) is 6.17. The molecule has 0 bridgehead atoms. The maximum absolute atomic E-state index is 10.5. The Labute approximate surface area is 150 Å². The highest BCUT2D eigenvalue weighted by atomic mass is 32.2. The molecule has 2 aromatic rings. The van der Waals surface area contributed by atoms with Crippen LogP contribution in [-0.2, 0) is 23.7 Å². The first-order valence-electron chi connectivity index (χ1n) is 8.63. The minimum atomic E-state index is -2.57. The van der Waals surface area contributed by atoms with E-state index in [1.807, 2.05) is 12.1 Å². The largest absolute Gasteiger partial charge is 0.492 e. The summed E-state index contributed by atoms with van der Waals surface area (Å²) in [6.07, 6.45) is 3.13. The van der Waals surface area contributed by atoms with Crippen LogP contribution in [0.25, 0.3) is 0 Å². The minimum absolute atomic E-state index is 0.262. The summed E-state index contributed by atoms with van der Waals surface area (Å²) in [4.78, 5) is 0. The molecule has 0 spiro atoms. The van der Waals surface area contributed by atoms with Crippen molar-refractivity contribution in [3.63, 3.8) is 0 Å². The number of nitrogens with one attached hydrogen (secondary N) is 2. The van der Waals surface area contributed by atoms with Gasteiger partial charge in [0.1, 0.15) is 12.4 Å². The number of rotatable bonds is 7. The molecule has 2 aromatic carbocycles. The van der Waals surface area contributed by atoms with E-state index in [0.29, 0.717) is 6.61 Å². The number of thiol groups is 1. The first-order valence-corrected chi connectivity index (χ1v) is 9.81. The fraction of sp³-hybridized carbons (Fsp3) is 0.368. The third-order valence-electron chi connectivity index (χ3n) is 4.40. The molecule has 1 aliphatic heterocycles. The van der Waals surface area contributed by atoms with E-state index in [9.17, 15) is 8.42 Å². The summed E-state index contributed by atoms with van der Waals surface area (Å²) in [6.45, 7) is 1.60. The Morgan fingerprint density at radius 1 is 1.16 bits per heavy atom. The van der Waals surface area contributed by atoms with Crippen LogP contribution < -0.4 is 14.8 Å². The average Bonchev–Trinajstić information content (AvgIpc) is 2.82. The fourth-order valence-corrected chi connectivity index (χ4v) is 3.49. The third-order valence-corrected chi connectivity index (χ3v) is 4.88. The van der Waals surface area contributed by atoms with Crippen molar-refractivity contribution in [2.45, 2.75) is 25.3 Å². The van der Waals surface area contributed by atoms with Crippen molar-refractivity contribution in [3.8, 4) is 5.75 Å². The van der Waals surface area contributed by atoms with Crippen LogP contribution in [0.1, 0.15) is 29.2 Å². The van der Waals surface area contributed by atoms with E-state index in [1.54, 1.807) is 0 Å². The first-order chi connectivity index (χ1) is 12.2. The Kier molecular flexibility index (Phi) is 6.44. The Morgan fingerprint density at radius 3 is 2.80 bits per heavy atom. The Balaban J connectivity index is 1.73. The summed E-state index contributed by atoms with van der Waals surface area (Å²) in [5.74, 6) is 0.781. The molecular formula is C19H24N2O3S. The zero-order valence-electron chi connectivity index (χ0n) is 14.1. The van der Waals surface area contributed by atoms with Gasteiger partial charge in [-0.25, -0.2) is 13.1 Å². The zero-order chi connectivity index (χ0) is 17.5. The number of fused-ring (bicyclic) bond motifs is 1. The van der Waals surface area contributed by atoms with Crippen molar-refractivity contribution in [1.82, 2.24) is 10.0 Å². The summed E-state index contributed by atoms with van der Waals surface area (Å²) < 4.78 is 29.1. The molecule has 1 aliphatic rings.